The molecule has 1 saturated heterocycles. The molecule has 3 rings (SSSR count). The fourth-order valence-electron chi connectivity index (χ4n) is 3.83. The maximum atomic E-state index is 12.7. The summed E-state index contributed by atoms with van der Waals surface area (Å²) in [6.45, 7) is 12.9. The first kappa shape index (κ1) is 24.2. The van der Waals surface area contributed by atoms with Gasteiger partial charge in [-0.3, -0.25) is 9.52 Å². The first-order valence-corrected chi connectivity index (χ1v) is 12.7. The maximum Gasteiger partial charge on any atom is 0.262 e. The van der Waals surface area contributed by atoms with E-state index in [1.54, 1.807) is 43.3 Å². The van der Waals surface area contributed by atoms with E-state index in [4.69, 9.17) is 0 Å². The van der Waals surface area contributed by atoms with Crippen LogP contribution < -0.4 is 10.0 Å². The van der Waals surface area contributed by atoms with Crippen LogP contribution in [-0.2, 0) is 10.0 Å². The SMILES string of the molecule is CCN1CCN(CCCNC(=O)c2ccc(NS(=O)(=O)c3cc(C)ccc3C)cc2)CC1. The smallest absolute Gasteiger partial charge is 0.262 e. The van der Waals surface area contributed by atoms with E-state index in [-0.39, 0.29) is 10.8 Å². The molecule has 1 aliphatic heterocycles. The number of aryl methyl sites for hydroxylation is 2. The molecule has 0 aliphatic carbocycles. The van der Waals surface area contributed by atoms with E-state index in [2.05, 4.69) is 26.8 Å². The largest absolute Gasteiger partial charge is 0.352 e. The highest BCUT2D eigenvalue weighted by atomic mass is 32.2. The first-order chi connectivity index (χ1) is 15.3. The molecule has 8 heteroatoms. The average Bonchev–Trinajstić information content (AvgIpc) is 2.78. The summed E-state index contributed by atoms with van der Waals surface area (Å²) in [5.41, 5.74) is 2.50. The van der Waals surface area contributed by atoms with Crippen LogP contribution in [0.25, 0.3) is 0 Å². The van der Waals surface area contributed by atoms with Crippen LogP contribution in [0.1, 0.15) is 34.8 Å². The third-order valence-corrected chi connectivity index (χ3v) is 7.40. The van der Waals surface area contributed by atoms with Crippen LogP contribution in [0.3, 0.4) is 0 Å². The lowest BCUT2D eigenvalue weighted by Gasteiger charge is -2.33. The molecule has 2 aromatic rings. The molecule has 7 nitrogen and oxygen atoms in total. The zero-order valence-electron chi connectivity index (χ0n) is 19.2. The molecule has 2 aromatic carbocycles. The number of nitrogens with zero attached hydrogens (tertiary/aromatic N) is 2. The summed E-state index contributed by atoms with van der Waals surface area (Å²) in [5.74, 6) is -0.148. The molecule has 1 heterocycles. The van der Waals surface area contributed by atoms with Gasteiger partial charge in [-0.15, -0.1) is 0 Å². The summed E-state index contributed by atoms with van der Waals surface area (Å²) in [6.07, 6.45) is 0.908. The Morgan fingerprint density at radius 2 is 1.62 bits per heavy atom. The summed E-state index contributed by atoms with van der Waals surface area (Å²) < 4.78 is 28.1. The molecule has 32 heavy (non-hydrogen) atoms. The van der Waals surface area contributed by atoms with Gasteiger partial charge in [0.25, 0.3) is 15.9 Å². The quantitative estimate of drug-likeness (QED) is 0.565. The lowest BCUT2D eigenvalue weighted by Crippen LogP contribution is -2.46. The minimum Gasteiger partial charge on any atom is -0.352 e. The Bertz CT molecular complexity index is 1010. The standard InChI is InChI=1S/C24H34N4O3S/c1-4-27-14-16-28(17-15-27)13-5-12-25-24(29)21-8-10-22(11-9-21)26-32(30,31)23-18-19(2)6-7-20(23)3/h6-11,18,26H,4-5,12-17H2,1-3H3,(H,25,29). The number of piperazine rings is 1. The first-order valence-electron chi connectivity index (χ1n) is 11.2. The number of anilines is 1. The van der Waals surface area contributed by atoms with Crippen molar-refractivity contribution < 1.29 is 13.2 Å². The van der Waals surface area contributed by atoms with Crippen molar-refractivity contribution in [1.82, 2.24) is 15.1 Å². The molecule has 174 valence electrons. The normalized spacial score (nSPS) is 15.5. The molecule has 0 radical (unpaired) electrons. The highest BCUT2D eigenvalue weighted by Crippen LogP contribution is 2.21. The van der Waals surface area contributed by atoms with Crippen LogP contribution >= 0.6 is 0 Å². The monoisotopic (exact) mass is 458 g/mol. The number of benzene rings is 2. The second-order valence-corrected chi connectivity index (χ2v) is 9.99. The van der Waals surface area contributed by atoms with Crippen LogP contribution in [0.4, 0.5) is 5.69 Å². The van der Waals surface area contributed by atoms with Gasteiger partial charge in [0.2, 0.25) is 0 Å². The van der Waals surface area contributed by atoms with E-state index in [0.717, 1.165) is 51.3 Å². The summed E-state index contributed by atoms with van der Waals surface area (Å²) in [7, 11) is -3.69. The number of hydrogen-bond acceptors (Lipinski definition) is 5. The summed E-state index contributed by atoms with van der Waals surface area (Å²) in [5, 5.41) is 2.95. The molecule has 1 fully saturated rings. The van der Waals surface area contributed by atoms with Gasteiger partial charge in [0.1, 0.15) is 0 Å². The second kappa shape index (κ2) is 10.9. The Kier molecular flexibility index (Phi) is 8.28. The van der Waals surface area contributed by atoms with E-state index in [9.17, 15) is 13.2 Å². The van der Waals surface area contributed by atoms with Crippen LogP contribution in [0.2, 0.25) is 0 Å². The number of carbonyl (C=O) groups excluding carboxylic acids is 1. The van der Waals surface area contributed by atoms with Gasteiger partial charge in [-0.25, -0.2) is 8.42 Å². The van der Waals surface area contributed by atoms with Crippen LogP contribution in [0, 0.1) is 13.8 Å². The topological polar surface area (TPSA) is 81.8 Å². The highest BCUT2D eigenvalue weighted by molar-refractivity contribution is 7.92. The van der Waals surface area contributed by atoms with Crippen molar-refractivity contribution in [3.63, 3.8) is 0 Å². The second-order valence-electron chi connectivity index (χ2n) is 8.34. The van der Waals surface area contributed by atoms with Gasteiger partial charge in [-0.05, 0) is 74.8 Å². The van der Waals surface area contributed by atoms with Gasteiger partial charge in [-0.1, -0.05) is 19.1 Å². The average molecular weight is 459 g/mol. The maximum absolute atomic E-state index is 12.7. The molecule has 0 unspecified atom stereocenters. The summed E-state index contributed by atoms with van der Waals surface area (Å²) >= 11 is 0. The zero-order valence-corrected chi connectivity index (χ0v) is 20.0. The van der Waals surface area contributed by atoms with Crippen molar-refractivity contribution in [1.29, 1.82) is 0 Å². The van der Waals surface area contributed by atoms with E-state index in [0.29, 0.717) is 23.4 Å². The van der Waals surface area contributed by atoms with Gasteiger partial charge >= 0.3 is 0 Å². The number of hydrogen-bond donors (Lipinski definition) is 2. The Morgan fingerprint density at radius 3 is 2.28 bits per heavy atom. The van der Waals surface area contributed by atoms with E-state index in [1.165, 1.54) is 0 Å². The molecular weight excluding hydrogens is 424 g/mol. The third-order valence-electron chi connectivity index (χ3n) is 5.88. The van der Waals surface area contributed by atoms with Gasteiger partial charge in [0.15, 0.2) is 0 Å². The van der Waals surface area contributed by atoms with E-state index in [1.807, 2.05) is 13.0 Å². The number of sulfonamides is 1. The van der Waals surface area contributed by atoms with Gasteiger partial charge in [0, 0.05) is 44.0 Å². The minimum absolute atomic E-state index is 0.148. The van der Waals surface area contributed by atoms with Gasteiger partial charge < -0.3 is 15.1 Å². The van der Waals surface area contributed by atoms with E-state index >= 15 is 0 Å². The molecule has 0 saturated carbocycles. The lowest BCUT2D eigenvalue weighted by molar-refractivity contribution is 0.0948. The Balaban J connectivity index is 1.47. The van der Waals surface area contributed by atoms with Crippen LogP contribution in [0.15, 0.2) is 47.4 Å². The van der Waals surface area contributed by atoms with Crippen molar-refractivity contribution in [2.75, 3.05) is 50.5 Å². The Morgan fingerprint density at radius 1 is 0.969 bits per heavy atom. The number of nitrogens with one attached hydrogen (secondary N) is 2. The fraction of sp³-hybridized carbons (Fsp3) is 0.458. The van der Waals surface area contributed by atoms with Crippen molar-refractivity contribution >= 4 is 21.6 Å². The molecule has 1 amide bonds. The molecule has 0 atom stereocenters. The Labute approximate surface area is 191 Å². The number of amides is 1. The predicted molar refractivity (Wildman–Crippen MR) is 129 cm³/mol. The number of likely N-dealkylation sites (N-methyl/N-ethyl adjacent to an activating group) is 1. The van der Waals surface area contributed by atoms with Crippen molar-refractivity contribution in [2.24, 2.45) is 0 Å². The molecule has 0 spiro atoms. The van der Waals surface area contributed by atoms with Crippen LogP contribution in [-0.4, -0.2) is 69.9 Å². The van der Waals surface area contributed by atoms with Crippen molar-refractivity contribution in [2.45, 2.75) is 32.1 Å². The molecular formula is C24H34N4O3S. The number of carbonyl (C=O) groups is 1. The van der Waals surface area contributed by atoms with E-state index < -0.39 is 10.0 Å². The molecule has 0 aromatic heterocycles. The Hall–Kier alpha value is -2.42. The zero-order chi connectivity index (χ0) is 23.1. The molecule has 0 bridgehead atoms. The van der Waals surface area contributed by atoms with Crippen molar-refractivity contribution in [3.05, 3.63) is 59.2 Å². The number of rotatable bonds is 9. The van der Waals surface area contributed by atoms with Gasteiger partial charge in [-0.2, -0.15) is 0 Å². The summed E-state index contributed by atoms with van der Waals surface area (Å²) in [4.78, 5) is 17.6. The third kappa shape index (κ3) is 6.54. The molecule has 1 aliphatic rings. The van der Waals surface area contributed by atoms with Crippen LogP contribution in [0.5, 0.6) is 0 Å². The highest BCUT2D eigenvalue weighted by Gasteiger charge is 2.18. The lowest BCUT2D eigenvalue weighted by atomic mass is 10.2. The van der Waals surface area contributed by atoms with Gasteiger partial charge in [0.05, 0.1) is 4.90 Å². The molecule has 2 N–H and O–H groups in total. The summed E-state index contributed by atoms with van der Waals surface area (Å²) in [6, 6.07) is 11.8. The minimum atomic E-state index is -3.69. The fourth-order valence-corrected chi connectivity index (χ4v) is 5.22. The predicted octanol–water partition coefficient (Wildman–Crippen LogP) is 2.86. The van der Waals surface area contributed by atoms with Crippen molar-refractivity contribution in [3.8, 4) is 0 Å².